The summed E-state index contributed by atoms with van der Waals surface area (Å²) in [5.74, 6) is 0.749. The Labute approximate surface area is 79.0 Å². The molecule has 0 aromatic rings. The van der Waals surface area contributed by atoms with Crippen molar-refractivity contribution in [1.29, 1.82) is 0 Å². The first kappa shape index (κ1) is 9.44. The highest BCUT2D eigenvalue weighted by Gasteiger charge is 2.50. The third-order valence-electron chi connectivity index (χ3n) is 3.30. The minimum atomic E-state index is -0.606. The van der Waals surface area contributed by atoms with E-state index in [1.165, 1.54) is 0 Å². The van der Waals surface area contributed by atoms with Crippen molar-refractivity contribution in [1.82, 2.24) is 0 Å². The molecule has 2 rings (SSSR count). The number of rotatable bonds is 4. The Morgan fingerprint density at radius 1 is 1.38 bits per heavy atom. The van der Waals surface area contributed by atoms with Crippen LogP contribution in [0.5, 0.6) is 0 Å². The summed E-state index contributed by atoms with van der Waals surface area (Å²) >= 11 is 0. The molecule has 1 heterocycles. The molecule has 1 N–H and O–H groups in total. The van der Waals surface area contributed by atoms with Crippen molar-refractivity contribution in [3.63, 3.8) is 0 Å². The zero-order valence-corrected chi connectivity index (χ0v) is 8.16. The highest BCUT2D eigenvalue weighted by atomic mass is 16.5. The number of aliphatic hydroxyl groups is 1. The second-order valence-corrected chi connectivity index (χ2v) is 4.26. The smallest absolute Gasteiger partial charge is 0.0958 e. The molecule has 0 bridgehead atoms. The standard InChI is InChI=1S/C10H18O3/c1-12-7-10(11,8-2-3-8)9-4-5-13-6-9/h8-9,11H,2-7H2,1H3. The van der Waals surface area contributed by atoms with Crippen LogP contribution in [-0.2, 0) is 9.47 Å². The van der Waals surface area contributed by atoms with Crippen molar-refractivity contribution in [3.05, 3.63) is 0 Å². The number of hydrogen-bond acceptors (Lipinski definition) is 3. The van der Waals surface area contributed by atoms with Crippen molar-refractivity contribution in [2.75, 3.05) is 26.9 Å². The van der Waals surface area contributed by atoms with Gasteiger partial charge in [0.15, 0.2) is 0 Å². The molecular formula is C10H18O3. The first-order valence-electron chi connectivity index (χ1n) is 5.06. The summed E-state index contributed by atoms with van der Waals surface area (Å²) in [6.07, 6.45) is 3.28. The maximum atomic E-state index is 10.4. The van der Waals surface area contributed by atoms with E-state index in [2.05, 4.69) is 0 Å². The molecule has 1 aliphatic heterocycles. The summed E-state index contributed by atoms with van der Waals surface area (Å²) in [5.41, 5.74) is -0.606. The van der Waals surface area contributed by atoms with Crippen molar-refractivity contribution in [2.24, 2.45) is 11.8 Å². The first-order chi connectivity index (χ1) is 6.27. The molecule has 2 fully saturated rings. The lowest BCUT2D eigenvalue weighted by Gasteiger charge is -2.32. The SMILES string of the molecule is COCC(O)(C1CC1)C1CCOC1. The van der Waals surface area contributed by atoms with Crippen LogP contribution in [0.4, 0.5) is 0 Å². The average molecular weight is 186 g/mol. The lowest BCUT2D eigenvalue weighted by Crippen LogP contribution is -2.45. The fourth-order valence-electron chi connectivity index (χ4n) is 2.31. The molecule has 13 heavy (non-hydrogen) atoms. The molecule has 1 aliphatic carbocycles. The largest absolute Gasteiger partial charge is 0.387 e. The summed E-state index contributed by atoms with van der Waals surface area (Å²) in [4.78, 5) is 0. The molecule has 1 saturated heterocycles. The Hall–Kier alpha value is -0.120. The van der Waals surface area contributed by atoms with Gasteiger partial charge in [-0.25, -0.2) is 0 Å². The normalized spacial score (nSPS) is 33.2. The molecule has 3 nitrogen and oxygen atoms in total. The summed E-state index contributed by atoms with van der Waals surface area (Å²) in [5, 5.41) is 10.4. The van der Waals surface area contributed by atoms with E-state index in [4.69, 9.17) is 9.47 Å². The van der Waals surface area contributed by atoms with Gasteiger partial charge < -0.3 is 14.6 Å². The van der Waals surface area contributed by atoms with E-state index in [1.807, 2.05) is 0 Å². The van der Waals surface area contributed by atoms with E-state index in [-0.39, 0.29) is 0 Å². The van der Waals surface area contributed by atoms with Crippen LogP contribution in [-0.4, -0.2) is 37.6 Å². The minimum Gasteiger partial charge on any atom is -0.387 e. The van der Waals surface area contributed by atoms with Gasteiger partial charge >= 0.3 is 0 Å². The monoisotopic (exact) mass is 186 g/mol. The molecule has 0 radical (unpaired) electrons. The third kappa shape index (κ3) is 1.73. The second-order valence-electron chi connectivity index (χ2n) is 4.26. The topological polar surface area (TPSA) is 38.7 Å². The second kappa shape index (κ2) is 3.56. The Morgan fingerprint density at radius 3 is 2.62 bits per heavy atom. The summed E-state index contributed by atoms with van der Waals surface area (Å²) in [7, 11) is 1.66. The van der Waals surface area contributed by atoms with Crippen LogP contribution in [0.15, 0.2) is 0 Å². The molecule has 2 aliphatic rings. The van der Waals surface area contributed by atoms with E-state index in [9.17, 15) is 5.11 Å². The third-order valence-corrected chi connectivity index (χ3v) is 3.30. The highest BCUT2D eigenvalue weighted by molar-refractivity contribution is 5.00. The molecular weight excluding hydrogens is 168 g/mol. The Bertz CT molecular complexity index is 173. The summed E-state index contributed by atoms with van der Waals surface area (Å²) in [6, 6.07) is 0. The molecule has 1 saturated carbocycles. The Kier molecular flexibility index (Phi) is 2.58. The highest BCUT2D eigenvalue weighted by Crippen LogP contribution is 2.45. The number of hydrogen-bond donors (Lipinski definition) is 1. The van der Waals surface area contributed by atoms with Gasteiger partial charge in [0.05, 0.1) is 18.8 Å². The number of ether oxygens (including phenoxy) is 2. The molecule has 0 aromatic carbocycles. The van der Waals surface area contributed by atoms with Crippen LogP contribution in [0, 0.1) is 11.8 Å². The van der Waals surface area contributed by atoms with Crippen LogP contribution >= 0.6 is 0 Å². The van der Waals surface area contributed by atoms with E-state index in [0.29, 0.717) is 25.0 Å². The Balaban J connectivity index is 2.01. The van der Waals surface area contributed by atoms with Gasteiger partial charge in [-0.15, -0.1) is 0 Å². The molecule has 76 valence electrons. The quantitative estimate of drug-likeness (QED) is 0.706. The van der Waals surface area contributed by atoms with Gasteiger partial charge in [0, 0.05) is 19.6 Å². The van der Waals surface area contributed by atoms with Gasteiger partial charge in [-0.2, -0.15) is 0 Å². The van der Waals surface area contributed by atoms with E-state index >= 15 is 0 Å². The Morgan fingerprint density at radius 2 is 2.15 bits per heavy atom. The maximum Gasteiger partial charge on any atom is 0.0958 e. The van der Waals surface area contributed by atoms with Crippen LogP contribution in [0.1, 0.15) is 19.3 Å². The van der Waals surface area contributed by atoms with E-state index in [1.54, 1.807) is 7.11 Å². The zero-order valence-electron chi connectivity index (χ0n) is 8.16. The van der Waals surface area contributed by atoms with Crippen molar-refractivity contribution in [3.8, 4) is 0 Å². The van der Waals surface area contributed by atoms with Gasteiger partial charge in [-0.1, -0.05) is 0 Å². The van der Waals surface area contributed by atoms with Crippen molar-refractivity contribution < 1.29 is 14.6 Å². The average Bonchev–Trinajstić information content (AvgIpc) is 2.82. The van der Waals surface area contributed by atoms with Crippen LogP contribution < -0.4 is 0 Å². The summed E-state index contributed by atoms with van der Waals surface area (Å²) in [6.45, 7) is 1.96. The fraction of sp³-hybridized carbons (Fsp3) is 1.00. The minimum absolute atomic E-state index is 0.292. The van der Waals surface area contributed by atoms with Gasteiger partial charge in [0.25, 0.3) is 0 Å². The molecule has 2 atom stereocenters. The fourth-order valence-corrected chi connectivity index (χ4v) is 2.31. The maximum absolute atomic E-state index is 10.4. The van der Waals surface area contributed by atoms with Gasteiger partial charge in [-0.05, 0) is 25.2 Å². The lowest BCUT2D eigenvalue weighted by molar-refractivity contribution is -0.0908. The van der Waals surface area contributed by atoms with Gasteiger partial charge in [0.1, 0.15) is 0 Å². The van der Waals surface area contributed by atoms with Gasteiger partial charge in [-0.3, -0.25) is 0 Å². The van der Waals surface area contributed by atoms with Crippen LogP contribution in [0.25, 0.3) is 0 Å². The predicted octanol–water partition coefficient (Wildman–Crippen LogP) is 0.810. The first-order valence-corrected chi connectivity index (χ1v) is 5.06. The zero-order chi connectivity index (χ0) is 9.31. The van der Waals surface area contributed by atoms with E-state index < -0.39 is 5.60 Å². The number of methoxy groups -OCH3 is 1. The molecule has 3 heteroatoms. The van der Waals surface area contributed by atoms with E-state index in [0.717, 1.165) is 25.9 Å². The molecule has 0 aromatic heterocycles. The molecule has 0 spiro atoms. The van der Waals surface area contributed by atoms with Gasteiger partial charge in [0.2, 0.25) is 0 Å². The molecule has 0 amide bonds. The predicted molar refractivity (Wildman–Crippen MR) is 48.5 cm³/mol. The summed E-state index contributed by atoms with van der Waals surface area (Å²) < 4.78 is 10.4. The van der Waals surface area contributed by atoms with Crippen LogP contribution in [0.2, 0.25) is 0 Å². The molecule has 2 unspecified atom stereocenters. The van der Waals surface area contributed by atoms with Crippen LogP contribution in [0.3, 0.4) is 0 Å². The van der Waals surface area contributed by atoms with Crippen molar-refractivity contribution in [2.45, 2.75) is 24.9 Å². The lowest BCUT2D eigenvalue weighted by atomic mass is 9.83. The van der Waals surface area contributed by atoms with Crippen molar-refractivity contribution >= 4 is 0 Å².